The van der Waals surface area contributed by atoms with Crippen molar-refractivity contribution >= 4 is 39.1 Å². The number of ketones is 4. The lowest BCUT2D eigenvalue weighted by atomic mass is 9.56. The Morgan fingerprint density at radius 1 is 0.778 bits per heavy atom. The molecule has 5 nitrogen and oxygen atoms in total. The fraction of sp³-hybridized carbons (Fsp3) is 0.143. The van der Waals surface area contributed by atoms with Crippen molar-refractivity contribution in [3.8, 4) is 0 Å². The van der Waals surface area contributed by atoms with E-state index in [1.807, 2.05) is 24.3 Å². The number of carbonyl (C=O) groups excluding carboxylic acids is 4. The lowest BCUT2D eigenvalue weighted by molar-refractivity contribution is -0.118. The molecule has 6 heteroatoms. The van der Waals surface area contributed by atoms with Crippen molar-refractivity contribution in [3.63, 3.8) is 0 Å². The number of hydrogen-bond donors (Lipinski definition) is 1. The van der Waals surface area contributed by atoms with Gasteiger partial charge < -0.3 is 5.32 Å². The first-order chi connectivity index (χ1) is 13.0. The van der Waals surface area contributed by atoms with Crippen LogP contribution in [0.15, 0.2) is 68.9 Å². The van der Waals surface area contributed by atoms with Gasteiger partial charge in [0.1, 0.15) is 5.70 Å². The number of allylic oxidation sites excluding steroid dienone is 7. The molecule has 1 aromatic carbocycles. The normalized spacial score (nSPS) is 25.9. The first-order valence-electron chi connectivity index (χ1n) is 8.48. The molecular formula is C21H12BrNO4. The maximum Gasteiger partial charge on any atom is 0.207 e. The molecule has 0 aromatic heterocycles. The molecule has 132 valence electrons. The summed E-state index contributed by atoms with van der Waals surface area (Å²) < 4.78 is 0.158. The summed E-state index contributed by atoms with van der Waals surface area (Å²) in [6, 6.07) is 7.40. The van der Waals surface area contributed by atoms with Gasteiger partial charge in [0.15, 0.2) is 17.3 Å². The third-order valence-electron chi connectivity index (χ3n) is 5.66. The number of carbonyl (C=O) groups is 4. The predicted molar refractivity (Wildman–Crippen MR) is 100 cm³/mol. The van der Waals surface area contributed by atoms with Crippen LogP contribution in [-0.4, -0.2) is 30.2 Å². The molecule has 0 saturated heterocycles. The molecule has 5 aliphatic rings. The van der Waals surface area contributed by atoms with Gasteiger partial charge in [-0.15, -0.1) is 0 Å². The Hall–Kier alpha value is -2.86. The summed E-state index contributed by atoms with van der Waals surface area (Å²) in [5.41, 5.74) is 3.09. The number of rotatable bonds is 1. The predicted octanol–water partition coefficient (Wildman–Crippen LogP) is 2.16. The van der Waals surface area contributed by atoms with Crippen molar-refractivity contribution in [1.29, 1.82) is 0 Å². The van der Waals surface area contributed by atoms with Gasteiger partial charge in [0, 0.05) is 41.2 Å². The van der Waals surface area contributed by atoms with Gasteiger partial charge in [0.05, 0.1) is 4.48 Å². The molecule has 2 bridgehead atoms. The van der Waals surface area contributed by atoms with Gasteiger partial charge in [-0.3, -0.25) is 19.2 Å². The summed E-state index contributed by atoms with van der Waals surface area (Å²) in [7, 11) is 1.57. The van der Waals surface area contributed by atoms with E-state index in [9.17, 15) is 19.2 Å². The smallest absolute Gasteiger partial charge is 0.207 e. The highest BCUT2D eigenvalue weighted by atomic mass is 79.9. The van der Waals surface area contributed by atoms with Gasteiger partial charge in [-0.2, -0.15) is 0 Å². The highest BCUT2D eigenvalue weighted by molar-refractivity contribution is 9.12. The van der Waals surface area contributed by atoms with Crippen molar-refractivity contribution in [2.24, 2.45) is 0 Å². The molecule has 0 saturated carbocycles. The van der Waals surface area contributed by atoms with Crippen molar-refractivity contribution in [2.45, 2.75) is 11.8 Å². The molecule has 2 unspecified atom stereocenters. The lowest BCUT2D eigenvalue weighted by Gasteiger charge is -2.44. The minimum Gasteiger partial charge on any atom is -0.384 e. The van der Waals surface area contributed by atoms with E-state index in [1.54, 1.807) is 7.05 Å². The Morgan fingerprint density at radius 3 is 1.74 bits per heavy atom. The minimum atomic E-state index is -0.696. The van der Waals surface area contributed by atoms with Crippen LogP contribution in [0.2, 0.25) is 0 Å². The summed E-state index contributed by atoms with van der Waals surface area (Å²) in [6.45, 7) is 0. The van der Waals surface area contributed by atoms with Crippen LogP contribution in [-0.2, 0) is 19.2 Å². The van der Waals surface area contributed by atoms with Crippen LogP contribution in [0.1, 0.15) is 23.0 Å². The second-order valence-corrected chi connectivity index (χ2v) is 7.60. The molecule has 1 aromatic rings. The number of benzene rings is 1. The Balaban J connectivity index is 1.86. The molecule has 27 heavy (non-hydrogen) atoms. The largest absolute Gasteiger partial charge is 0.384 e. The molecular weight excluding hydrogens is 410 g/mol. The van der Waals surface area contributed by atoms with E-state index >= 15 is 0 Å². The van der Waals surface area contributed by atoms with Crippen LogP contribution in [0.25, 0.3) is 0 Å². The summed E-state index contributed by atoms with van der Waals surface area (Å²) in [4.78, 5) is 51.7. The lowest BCUT2D eigenvalue weighted by Crippen LogP contribution is -2.42. The third kappa shape index (κ3) is 1.83. The number of likely N-dealkylation sites (N-methyl/N-ethyl adjacent to an activating group) is 1. The van der Waals surface area contributed by atoms with Gasteiger partial charge in [0.25, 0.3) is 0 Å². The summed E-state index contributed by atoms with van der Waals surface area (Å²) >= 11 is 3.24. The van der Waals surface area contributed by atoms with Crippen LogP contribution in [0.4, 0.5) is 0 Å². The number of halogens is 1. The molecule has 0 heterocycles. The summed E-state index contributed by atoms with van der Waals surface area (Å²) in [6.07, 6.45) is 2.51. The highest BCUT2D eigenvalue weighted by Crippen LogP contribution is 2.58. The Bertz CT molecular complexity index is 1150. The highest BCUT2D eigenvalue weighted by Gasteiger charge is 2.54. The van der Waals surface area contributed by atoms with E-state index in [-0.39, 0.29) is 33.3 Å². The van der Waals surface area contributed by atoms with Crippen molar-refractivity contribution < 1.29 is 19.2 Å². The third-order valence-corrected chi connectivity index (χ3v) is 6.41. The van der Waals surface area contributed by atoms with E-state index in [1.165, 1.54) is 12.2 Å². The summed E-state index contributed by atoms with van der Waals surface area (Å²) in [5, 5.41) is 2.79. The average molecular weight is 422 g/mol. The monoisotopic (exact) mass is 421 g/mol. The second kappa shape index (κ2) is 5.33. The fourth-order valence-corrected chi connectivity index (χ4v) is 5.24. The van der Waals surface area contributed by atoms with Gasteiger partial charge >= 0.3 is 0 Å². The molecule has 5 aliphatic carbocycles. The standard InChI is InChI=1S/C21H12BrNO4/c1-23-19-18(22)20(26)16-12-8-4-2-3-5-9(8)13(17(16)21(19)27)15-11(25)7-6-10(24)14(12)15/h2-7,12-13,23H,1H3. The van der Waals surface area contributed by atoms with E-state index in [0.29, 0.717) is 22.3 Å². The molecule has 6 rings (SSSR count). The Labute approximate surface area is 162 Å². The molecule has 2 atom stereocenters. The van der Waals surface area contributed by atoms with Crippen LogP contribution >= 0.6 is 15.9 Å². The van der Waals surface area contributed by atoms with E-state index in [0.717, 1.165) is 11.1 Å². The van der Waals surface area contributed by atoms with Crippen LogP contribution in [0.5, 0.6) is 0 Å². The van der Waals surface area contributed by atoms with E-state index < -0.39 is 11.8 Å². The second-order valence-electron chi connectivity index (χ2n) is 6.81. The fourth-order valence-electron chi connectivity index (χ4n) is 4.65. The first kappa shape index (κ1) is 16.3. The van der Waals surface area contributed by atoms with Crippen molar-refractivity contribution in [2.75, 3.05) is 7.05 Å². The maximum absolute atomic E-state index is 13.2. The zero-order valence-electron chi connectivity index (χ0n) is 14.1. The van der Waals surface area contributed by atoms with Gasteiger partial charge in [-0.05, 0) is 39.2 Å². The zero-order chi connectivity index (χ0) is 19.0. The average Bonchev–Trinajstić information content (AvgIpc) is 2.68. The van der Waals surface area contributed by atoms with Crippen LogP contribution in [0.3, 0.4) is 0 Å². The number of hydrogen-bond acceptors (Lipinski definition) is 5. The van der Waals surface area contributed by atoms with E-state index in [2.05, 4.69) is 21.2 Å². The van der Waals surface area contributed by atoms with E-state index in [4.69, 9.17) is 0 Å². The van der Waals surface area contributed by atoms with Crippen LogP contribution in [0, 0.1) is 0 Å². The number of Topliss-reactive ketones (excluding diaryl/α,β-unsaturated/α-hetero) is 2. The molecule has 0 radical (unpaired) electrons. The Kier molecular flexibility index (Phi) is 3.22. The Morgan fingerprint density at radius 2 is 1.26 bits per heavy atom. The minimum absolute atomic E-state index is 0.158. The maximum atomic E-state index is 13.2. The SMILES string of the molecule is CNC1=C(Br)C(=O)C2=C(C1=O)C1C3=C(C(=O)C=CC3=O)C2c2ccccc21. The van der Waals surface area contributed by atoms with Crippen molar-refractivity contribution in [3.05, 3.63) is 80.0 Å². The quantitative estimate of drug-likeness (QED) is 0.702. The zero-order valence-corrected chi connectivity index (χ0v) is 15.7. The molecule has 0 fully saturated rings. The molecule has 1 N–H and O–H groups in total. The van der Waals surface area contributed by atoms with Crippen LogP contribution < -0.4 is 5.32 Å². The van der Waals surface area contributed by atoms with Gasteiger partial charge in [0.2, 0.25) is 5.78 Å². The molecule has 0 aliphatic heterocycles. The molecule has 0 spiro atoms. The molecule has 0 amide bonds. The topological polar surface area (TPSA) is 80.3 Å². The van der Waals surface area contributed by atoms with Gasteiger partial charge in [-0.1, -0.05) is 24.3 Å². The first-order valence-corrected chi connectivity index (χ1v) is 9.27. The van der Waals surface area contributed by atoms with Crippen molar-refractivity contribution in [1.82, 2.24) is 5.32 Å². The van der Waals surface area contributed by atoms with Gasteiger partial charge in [-0.25, -0.2) is 0 Å². The number of nitrogens with one attached hydrogen (secondary N) is 1. The summed E-state index contributed by atoms with van der Waals surface area (Å²) in [5.74, 6) is -2.58.